The maximum absolute atomic E-state index is 12.4. The van der Waals surface area contributed by atoms with Crippen molar-refractivity contribution in [2.45, 2.75) is 6.92 Å². The standard InChI is InChI=1S/C23H19BrN2O4/c1-16-6-5-7-17(12-16)23(28)30-21-11-10-19(24)13-18(21)14-25-26-22(27)15-29-20-8-3-2-4-9-20/h2-14H,15H2,1H3,(H,26,27). The molecule has 0 fully saturated rings. The van der Waals surface area contributed by atoms with E-state index < -0.39 is 11.9 Å². The summed E-state index contributed by atoms with van der Waals surface area (Å²) < 4.78 is 11.7. The Hall–Kier alpha value is -3.45. The van der Waals surface area contributed by atoms with Gasteiger partial charge in [-0.25, -0.2) is 10.2 Å². The van der Waals surface area contributed by atoms with E-state index in [0.717, 1.165) is 10.0 Å². The van der Waals surface area contributed by atoms with Gasteiger partial charge in [0, 0.05) is 10.0 Å². The van der Waals surface area contributed by atoms with Crippen LogP contribution in [0.4, 0.5) is 0 Å². The molecule has 0 bridgehead atoms. The number of rotatable bonds is 7. The van der Waals surface area contributed by atoms with Crippen LogP contribution in [0, 0.1) is 6.92 Å². The van der Waals surface area contributed by atoms with Crippen molar-refractivity contribution in [1.82, 2.24) is 5.43 Å². The van der Waals surface area contributed by atoms with Crippen LogP contribution in [0.3, 0.4) is 0 Å². The number of nitrogens with zero attached hydrogens (tertiary/aromatic N) is 1. The summed E-state index contributed by atoms with van der Waals surface area (Å²) in [5.74, 6) is 0.0246. The number of carbonyl (C=O) groups excluding carboxylic acids is 2. The van der Waals surface area contributed by atoms with Crippen LogP contribution >= 0.6 is 15.9 Å². The van der Waals surface area contributed by atoms with E-state index in [1.54, 1.807) is 48.5 Å². The molecule has 0 atom stereocenters. The number of amides is 1. The second-order valence-corrected chi connectivity index (χ2v) is 7.25. The molecule has 3 aromatic carbocycles. The molecule has 3 rings (SSSR count). The van der Waals surface area contributed by atoms with E-state index in [2.05, 4.69) is 26.5 Å². The van der Waals surface area contributed by atoms with Crippen LogP contribution in [-0.4, -0.2) is 24.7 Å². The summed E-state index contributed by atoms with van der Waals surface area (Å²) in [6.07, 6.45) is 1.41. The van der Waals surface area contributed by atoms with E-state index >= 15 is 0 Å². The lowest BCUT2D eigenvalue weighted by molar-refractivity contribution is -0.123. The summed E-state index contributed by atoms with van der Waals surface area (Å²) in [6.45, 7) is 1.73. The molecular formula is C23H19BrN2O4. The predicted molar refractivity (Wildman–Crippen MR) is 118 cm³/mol. The number of para-hydroxylation sites is 1. The van der Waals surface area contributed by atoms with Gasteiger partial charge in [0.25, 0.3) is 5.91 Å². The third-order valence-electron chi connectivity index (χ3n) is 3.93. The van der Waals surface area contributed by atoms with Crippen molar-refractivity contribution in [3.63, 3.8) is 0 Å². The van der Waals surface area contributed by atoms with Crippen LogP contribution in [-0.2, 0) is 4.79 Å². The van der Waals surface area contributed by atoms with Crippen LogP contribution in [0.2, 0.25) is 0 Å². The molecule has 0 heterocycles. The van der Waals surface area contributed by atoms with Crippen molar-refractivity contribution in [1.29, 1.82) is 0 Å². The number of benzene rings is 3. The number of hydrazone groups is 1. The molecule has 0 aliphatic carbocycles. The number of esters is 1. The highest BCUT2D eigenvalue weighted by atomic mass is 79.9. The average molecular weight is 467 g/mol. The van der Waals surface area contributed by atoms with Gasteiger partial charge in [-0.1, -0.05) is 51.8 Å². The first kappa shape index (κ1) is 21.3. The number of halogens is 1. The molecule has 0 aliphatic rings. The highest BCUT2D eigenvalue weighted by Gasteiger charge is 2.12. The predicted octanol–water partition coefficient (Wildman–Crippen LogP) is 4.51. The van der Waals surface area contributed by atoms with Crippen molar-refractivity contribution in [2.24, 2.45) is 5.10 Å². The van der Waals surface area contributed by atoms with Crippen molar-refractivity contribution in [3.05, 3.63) is 94.0 Å². The molecule has 1 amide bonds. The van der Waals surface area contributed by atoms with Crippen LogP contribution < -0.4 is 14.9 Å². The van der Waals surface area contributed by atoms with Crippen molar-refractivity contribution in [2.75, 3.05) is 6.61 Å². The Morgan fingerprint density at radius 2 is 1.83 bits per heavy atom. The molecule has 30 heavy (non-hydrogen) atoms. The fourth-order valence-corrected chi connectivity index (χ4v) is 2.89. The molecular weight excluding hydrogens is 448 g/mol. The number of ether oxygens (including phenoxy) is 2. The SMILES string of the molecule is Cc1cccc(C(=O)Oc2ccc(Br)cc2C=NNC(=O)COc2ccccc2)c1. The molecule has 6 nitrogen and oxygen atoms in total. The molecule has 0 radical (unpaired) electrons. The first-order valence-electron chi connectivity index (χ1n) is 9.09. The van der Waals surface area contributed by atoms with E-state index in [9.17, 15) is 9.59 Å². The van der Waals surface area contributed by atoms with Gasteiger partial charge in [-0.3, -0.25) is 4.79 Å². The zero-order valence-corrected chi connectivity index (χ0v) is 17.8. The fourth-order valence-electron chi connectivity index (χ4n) is 2.52. The van der Waals surface area contributed by atoms with Gasteiger partial charge in [0.05, 0.1) is 11.8 Å². The van der Waals surface area contributed by atoms with E-state index in [1.165, 1.54) is 6.21 Å². The zero-order valence-electron chi connectivity index (χ0n) is 16.2. The van der Waals surface area contributed by atoms with E-state index in [1.807, 2.05) is 31.2 Å². The van der Waals surface area contributed by atoms with Crippen molar-refractivity contribution >= 4 is 34.0 Å². The molecule has 0 spiro atoms. The minimum Gasteiger partial charge on any atom is -0.484 e. The van der Waals surface area contributed by atoms with E-state index in [0.29, 0.717) is 22.6 Å². The second-order valence-electron chi connectivity index (χ2n) is 6.34. The number of aryl methyl sites for hydroxylation is 1. The van der Waals surface area contributed by atoms with Gasteiger partial charge in [-0.05, 0) is 49.4 Å². The lowest BCUT2D eigenvalue weighted by atomic mass is 10.1. The third-order valence-corrected chi connectivity index (χ3v) is 4.43. The lowest BCUT2D eigenvalue weighted by Crippen LogP contribution is -2.24. The Balaban J connectivity index is 1.63. The van der Waals surface area contributed by atoms with Crippen LogP contribution in [0.1, 0.15) is 21.5 Å². The van der Waals surface area contributed by atoms with Crippen LogP contribution in [0.5, 0.6) is 11.5 Å². The quantitative estimate of drug-likeness (QED) is 0.240. The monoisotopic (exact) mass is 466 g/mol. The maximum atomic E-state index is 12.4. The fraction of sp³-hybridized carbons (Fsp3) is 0.0870. The number of nitrogens with one attached hydrogen (secondary N) is 1. The van der Waals surface area contributed by atoms with Crippen LogP contribution in [0.15, 0.2) is 82.4 Å². The minimum atomic E-state index is -0.476. The smallest absolute Gasteiger partial charge is 0.343 e. The van der Waals surface area contributed by atoms with Crippen LogP contribution in [0.25, 0.3) is 0 Å². The van der Waals surface area contributed by atoms with E-state index in [4.69, 9.17) is 9.47 Å². The Morgan fingerprint density at radius 3 is 2.60 bits per heavy atom. The van der Waals surface area contributed by atoms with E-state index in [-0.39, 0.29) is 6.61 Å². The summed E-state index contributed by atoms with van der Waals surface area (Å²) in [6, 6.07) is 21.3. The summed E-state index contributed by atoms with van der Waals surface area (Å²) in [5.41, 5.74) is 4.32. The van der Waals surface area contributed by atoms with Gasteiger partial charge < -0.3 is 9.47 Å². The Bertz CT molecular complexity index is 1070. The molecule has 152 valence electrons. The highest BCUT2D eigenvalue weighted by Crippen LogP contribution is 2.23. The highest BCUT2D eigenvalue weighted by molar-refractivity contribution is 9.10. The Kier molecular flexibility index (Phi) is 7.34. The topological polar surface area (TPSA) is 77.0 Å². The molecule has 0 aromatic heterocycles. The first-order chi connectivity index (χ1) is 14.5. The molecule has 0 saturated carbocycles. The number of hydrogen-bond donors (Lipinski definition) is 1. The minimum absolute atomic E-state index is 0.172. The summed E-state index contributed by atoms with van der Waals surface area (Å²) in [4.78, 5) is 24.3. The molecule has 3 aromatic rings. The van der Waals surface area contributed by atoms with Crippen molar-refractivity contribution in [3.8, 4) is 11.5 Å². The van der Waals surface area contributed by atoms with Crippen molar-refractivity contribution < 1.29 is 19.1 Å². The number of carbonyl (C=O) groups is 2. The van der Waals surface area contributed by atoms with Gasteiger partial charge in [-0.15, -0.1) is 0 Å². The molecule has 0 unspecified atom stereocenters. The average Bonchev–Trinajstić information content (AvgIpc) is 2.75. The van der Waals surface area contributed by atoms with Gasteiger partial charge in [0.2, 0.25) is 0 Å². The van der Waals surface area contributed by atoms with Gasteiger partial charge in [-0.2, -0.15) is 5.10 Å². The zero-order chi connectivity index (χ0) is 21.3. The lowest BCUT2D eigenvalue weighted by Gasteiger charge is -2.08. The summed E-state index contributed by atoms with van der Waals surface area (Å²) >= 11 is 3.38. The van der Waals surface area contributed by atoms with Gasteiger partial charge in [0.1, 0.15) is 11.5 Å². The van der Waals surface area contributed by atoms with Gasteiger partial charge in [0.15, 0.2) is 6.61 Å². The molecule has 0 aliphatic heterocycles. The molecule has 1 N–H and O–H groups in total. The third kappa shape index (κ3) is 6.28. The second kappa shape index (κ2) is 10.4. The van der Waals surface area contributed by atoms with Gasteiger partial charge >= 0.3 is 5.97 Å². The Morgan fingerprint density at radius 1 is 1.03 bits per heavy atom. The Labute approximate surface area is 182 Å². The normalized spacial score (nSPS) is 10.6. The summed E-state index contributed by atoms with van der Waals surface area (Å²) in [7, 11) is 0. The largest absolute Gasteiger partial charge is 0.484 e. The first-order valence-corrected chi connectivity index (χ1v) is 9.89. The maximum Gasteiger partial charge on any atom is 0.343 e. The number of hydrogen-bond acceptors (Lipinski definition) is 5. The molecule has 0 saturated heterocycles. The molecule has 7 heteroatoms. The summed E-state index contributed by atoms with van der Waals surface area (Å²) in [5, 5.41) is 3.93.